The number of hydrogen-bond acceptors (Lipinski definition) is 5. The summed E-state index contributed by atoms with van der Waals surface area (Å²) in [5, 5.41) is 7.02. The van der Waals surface area contributed by atoms with Crippen LogP contribution in [-0.2, 0) is 4.84 Å². The largest absolute Gasteiger partial charge is 0.424 e. The monoisotopic (exact) mass is 231 g/mol. The molecule has 0 saturated carbocycles. The maximum absolute atomic E-state index is 5.54. The number of aromatic nitrogens is 1. The van der Waals surface area contributed by atoms with Gasteiger partial charge in [-0.3, -0.25) is 0 Å². The van der Waals surface area contributed by atoms with Crippen LogP contribution < -0.4 is 5.32 Å². The van der Waals surface area contributed by atoms with Gasteiger partial charge in [0, 0.05) is 6.42 Å². The Morgan fingerprint density at radius 3 is 3.06 bits per heavy atom. The van der Waals surface area contributed by atoms with Gasteiger partial charge in [0.25, 0.3) is 6.01 Å². The fourth-order valence-corrected chi connectivity index (χ4v) is 1.83. The zero-order valence-corrected chi connectivity index (χ0v) is 9.51. The summed E-state index contributed by atoms with van der Waals surface area (Å²) in [7, 11) is 0. The van der Waals surface area contributed by atoms with Gasteiger partial charge in [0.1, 0.15) is 11.6 Å². The van der Waals surface area contributed by atoms with Gasteiger partial charge >= 0.3 is 0 Å². The van der Waals surface area contributed by atoms with E-state index in [4.69, 9.17) is 9.25 Å². The Kier molecular flexibility index (Phi) is 2.44. The number of rotatable bonds is 3. The lowest BCUT2D eigenvalue weighted by molar-refractivity contribution is 0.0945. The molecular weight excluding hydrogens is 218 g/mol. The molecular formula is C12H13N3O2. The summed E-state index contributed by atoms with van der Waals surface area (Å²) in [6, 6.07) is 8.20. The van der Waals surface area contributed by atoms with E-state index in [0.29, 0.717) is 12.6 Å². The Labute approximate surface area is 98.5 Å². The van der Waals surface area contributed by atoms with Crippen LogP contribution in [0.25, 0.3) is 11.1 Å². The average Bonchev–Trinajstić information content (AvgIpc) is 2.91. The van der Waals surface area contributed by atoms with E-state index in [-0.39, 0.29) is 6.10 Å². The standard InChI is InChI=1S/C12H13N3O2/c1-8-6-9(17-15-8)7-13-12-14-10-4-2-3-5-11(10)16-12/h2-5,9H,6-7H2,1H3,(H,13,14)/t9-/m0/s1. The molecule has 2 heterocycles. The van der Waals surface area contributed by atoms with E-state index in [9.17, 15) is 0 Å². The molecule has 0 radical (unpaired) electrons. The third-order valence-electron chi connectivity index (χ3n) is 2.66. The van der Waals surface area contributed by atoms with Gasteiger partial charge in [-0.15, -0.1) is 0 Å². The molecule has 0 unspecified atom stereocenters. The lowest BCUT2D eigenvalue weighted by Gasteiger charge is -2.07. The Hall–Kier alpha value is -2.04. The highest BCUT2D eigenvalue weighted by Crippen LogP contribution is 2.18. The molecule has 1 atom stereocenters. The number of hydrogen-bond donors (Lipinski definition) is 1. The number of anilines is 1. The molecule has 1 aromatic heterocycles. The number of fused-ring (bicyclic) bond motifs is 1. The maximum atomic E-state index is 5.54. The minimum atomic E-state index is 0.0741. The SMILES string of the molecule is CC1=NO[C@H](CNc2nc3ccccc3o2)C1. The molecule has 1 N–H and O–H groups in total. The van der Waals surface area contributed by atoms with Crippen LogP contribution in [0.5, 0.6) is 0 Å². The van der Waals surface area contributed by atoms with Gasteiger partial charge < -0.3 is 14.6 Å². The number of nitrogens with zero attached hydrogens (tertiary/aromatic N) is 2. The van der Waals surface area contributed by atoms with Crippen molar-refractivity contribution in [1.82, 2.24) is 4.98 Å². The van der Waals surface area contributed by atoms with Gasteiger partial charge in [0.05, 0.1) is 12.3 Å². The van der Waals surface area contributed by atoms with Crippen molar-refractivity contribution in [1.29, 1.82) is 0 Å². The van der Waals surface area contributed by atoms with Crippen LogP contribution in [-0.4, -0.2) is 23.3 Å². The van der Waals surface area contributed by atoms with Crippen LogP contribution in [0.15, 0.2) is 33.8 Å². The number of oxazole rings is 1. The van der Waals surface area contributed by atoms with Crippen molar-refractivity contribution >= 4 is 22.8 Å². The van der Waals surface area contributed by atoms with Crippen molar-refractivity contribution in [3.8, 4) is 0 Å². The predicted octanol–water partition coefficient (Wildman–Crippen LogP) is 2.40. The summed E-state index contributed by atoms with van der Waals surface area (Å²) in [5.41, 5.74) is 2.67. The van der Waals surface area contributed by atoms with Gasteiger partial charge in [0.2, 0.25) is 0 Å². The summed E-state index contributed by atoms with van der Waals surface area (Å²) >= 11 is 0. The van der Waals surface area contributed by atoms with Crippen LogP contribution in [0.1, 0.15) is 13.3 Å². The first kappa shape index (κ1) is 10.1. The van der Waals surface area contributed by atoms with E-state index >= 15 is 0 Å². The highest BCUT2D eigenvalue weighted by atomic mass is 16.6. The average molecular weight is 231 g/mol. The maximum Gasteiger partial charge on any atom is 0.295 e. The Morgan fingerprint density at radius 2 is 2.29 bits per heavy atom. The normalized spacial score (nSPS) is 19.1. The first-order valence-electron chi connectivity index (χ1n) is 5.60. The van der Waals surface area contributed by atoms with Crippen molar-refractivity contribution in [2.75, 3.05) is 11.9 Å². The molecule has 3 rings (SSSR count). The number of para-hydroxylation sites is 2. The summed E-state index contributed by atoms with van der Waals surface area (Å²) < 4.78 is 5.54. The predicted molar refractivity (Wildman–Crippen MR) is 65.1 cm³/mol. The molecule has 2 aromatic rings. The second kappa shape index (κ2) is 4.08. The van der Waals surface area contributed by atoms with Gasteiger partial charge in [0.15, 0.2) is 5.58 Å². The van der Waals surface area contributed by atoms with Crippen LogP contribution >= 0.6 is 0 Å². The summed E-state index contributed by atoms with van der Waals surface area (Å²) in [5.74, 6) is 0. The van der Waals surface area contributed by atoms with Crippen LogP contribution in [0.2, 0.25) is 0 Å². The van der Waals surface area contributed by atoms with E-state index in [1.807, 2.05) is 31.2 Å². The Morgan fingerprint density at radius 1 is 1.41 bits per heavy atom. The summed E-state index contributed by atoms with van der Waals surface area (Å²) in [6.45, 7) is 2.60. The quantitative estimate of drug-likeness (QED) is 0.881. The number of nitrogens with one attached hydrogen (secondary N) is 1. The first-order valence-corrected chi connectivity index (χ1v) is 5.60. The zero-order chi connectivity index (χ0) is 11.7. The third kappa shape index (κ3) is 2.08. The molecule has 5 heteroatoms. The molecule has 0 amide bonds. The van der Waals surface area contributed by atoms with Crippen molar-refractivity contribution in [2.24, 2.45) is 5.16 Å². The van der Waals surface area contributed by atoms with Crippen molar-refractivity contribution in [3.63, 3.8) is 0 Å². The highest BCUT2D eigenvalue weighted by Gasteiger charge is 2.18. The second-order valence-electron chi connectivity index (χ2n) is 4.13. The molecule has 1 aromatic carbocycles. The topological polar surface area (TPSA) is 59.6 Å². The minimum Gasteiger partial charge on any atom is -0.424 e. The Bertz CT molecular complexity index is 529. The second-order valence-corrected chi connectivity index (χ2v) is 4.13. The molecule has 0 bridgehead atoms. The van der Waals surface area contributed by atoms with Crippen molar-refractivity contribution < 1.29 is 9.25 Å². The lowest BCUT2D eigenvalue weighted by atomic mass is 10.2. The van der Waals surface area contributed by atoms with Gasteiger partial charge in [-0.2, -0.15) is 4.98 Å². The van der Waals surface area contributed by atoms with Crippen LogP contribution in [0, 0.1) is 0 Å². The van der Waals surface area contributed by atoms with Crippen molar-refractivity contribution in [2.45, 2.75) is 19.4 Å². The van der Waals surface area contributed by atoms with Gasteiger partial charge in [-0.25, -0.2) is 0 Å². The number of benzene rings is 1. The molecule has 1 aliphatic rings. The van der Waals surface area contributed by atoms with Gasteiger partial charge in [-0.05, 0) is 19.1 Å². The zero-order valence-electron chi connectivity index (χ0n) is 9.51. The molecule has 0 spiro atoms. The molecule has 1 aliphatic heterocycles. The molecule has 88 valence electrons. The molecule has 17 heavy (non-hydrogen) atoms. The number of oxime groups is 1. The fourth-order valence-electron chi connectivity index (χ4n) is 1.83. The van der Waals surface area contributed by atoms with E-state index < -0.39 is 0 Å². The smallest absolute Gasteiger partial charge is 0.295 e. The molecule has 5 nitrogen and oxygen atoms in total. The van der Waals surface area contributed by atoms with E-state index in [2.05, 4.69) is 15.5 Å². The Balaban J connectivity index is 1.65. The third-order valence-corrected chi connectivity index (χ3v) is 2.66. The highest BCUT2D eigenvalue weighted by molar-refractivity contribution is 5.82. The molecule has 0 aliphatic carbocycles. The lowest BCUT2D eigenvalue weighted by Crippen LogP contribution is -2.19. The summed E-state index contributed by atoms with van der Waals surface area (Å²) in [4.78, 5) is 9.54. The van der Waals surface area contributed by atoms with Crippen LogP contribution in [0.4, 0.5) is 6.01 Å². The minimum absolute atomic E-state index is 0.0741. The van der Waals surface area contributed by atoms with E-state index in [1.54, 1.807) is 0 Å². The molecule has 0 fully saturated rings. The van der Waals surface area contributed by atoms with Crippen LogP contribution in [0.3, 0.4) is 0 Å². The van der Waals surface area contributed by atoms with Crippen molar-refractivity contribution in [3.05, 3.63) is 24.3 Å². The van der Waals surface area contributed by atoms with Gasteiger partial charge in [-0.1, -0.05) is 17.3 Å². The molecule has 0 saturated heterocycles. The van der Waals surface area contributed by atoms with E-state index in [0.717, 1.165) is 23.2 Å². The first-order chi connectivity index (χ1) is 8.31. The fraction of sp³-hybridized carbons (Fsp3) is 0.333. The van der Waals surface area contributed by atoms with E-state index in [1.165, 1.54) is 0 Å². The summed E-state index contributed by atoms with van der Waals surface area (Å²) in [6.07, 6.45) is 0.928.